The van der Waals surface area contributed by atoms with Crippen LogP contribution in [0.25, 0.3) is 0 Å². The average molecular weight is 306 g/mol. The Balaban J connectivity index is 1.62. The number of fused-ring (bicyclic) bond motifs is 5. The van der Waals surface area contributed by atoms with Crippen LogP contribution < -0.4 is 0 Å². The molecule has 0 spiro atoms. The Morgan fingerprint density at radius 2 is 1.50 bits per heavy atom. The molecule has 0 aromatic heterocycles. The first-order chi connectivity index (χ1) is 10.3. The van der Waals surface area contributed by atoms with Gasteiger partial charge >= 0.3 is 0 Å². The summed E-state index contributed by atoms with van der Waals surface area (Å²) in [6, 6.07) is 0. The zero-order valence-corrected chi connectivity index (χ0v) is 14.6. The first-order valence-corrected chi connectivity index (χ1v) is 9.67. The lowest BCUT2D eigenvalue weighted by molar-refractivity contribution is -0.150. The van der Waals surface area contributed by atoms with E-state index >= 15 is 0 Å². The highest BCUT2D eigenvalue weighted by atomic mass is 16.3. The number of hydrogen-bond acceptors (Lipinski definition) is 2. The van der Waals surface area contributed by atoms with Crippen molar-refractivity contribution in [2.45, 2.75) is 90.3 Å². The summed E-state index contributed by atoms with van der Waals surface area (Å²) in [5.41, 5.74) is 0.217. The minimum absolute atomic E-state index is 0.0592. The number of hydrogen-bond donors (Lipinski definition) is 2. The molecule has 4 saturated carbocycles. The van der Waals surface area contributed by atoms with Crippen LogP contribution in [-0.2, 0) is 0 Å². The molecule has 2 heteroatoms. The quantitative estimate of drug-likeness (QED) is 0.706. The molecule has 2 N–H and O–H groups in total. The average Bonchev–Trinajstić information content (AvgIpc) is 2.76. The minimum Gasteiger partial charge on any atom is -0.393 e. The van der Waals surface area contributed by atoms with Gasteiger partial charge in [0.15, 0.2) is 0 Å². The molecule has 2 unspecified atom stereocenters. The van der Waals surface area contributed by atoms with Gasteiger partial charge in [-0.05, 0) is 99.2 Å². The molecule has 8 atom stereocenters. The van der Waals surface area contributed by atoms with Crippen molar-refractivity contribution in [3.63, 3.8) is 0 Å². The molecule has 0 aromatic carbocycles. The molecule has 126 valence electrons. The van der Waals surface area contributed by atoms with E-state index in [1.54, 1.807) is 0 Å². The van der Waals surface area contributed by atoms with Gasteiger partial charge in [0.2, 0.25) is 0 Å². The molecule has 0 bridgehead atoms. The van der Waals surface area contributed by atoms with Gasteiger partial charge < -0.3 is 10.2 Å². The van der Waals surface area contributed by atoms with Crippen molar-refractivity contribution in [3.8, 4) is 0 Å². The largest absolute Gasteiger partial charge is 0.393 e. The molecular weight excluding hydrogens is 272 g/mol. The molecule has 0 amide bonds. The van der Waals surface area contributed by atoms with E-state index in [2.05, 4.69) is 13.8 Å². The lowest BCUT2D eigenvalue weighted by Gasteiger charge is -2.61. The van der Waals surface area contributed by atoms with Crippen molar-refractivity contribution in [2.24, 2.45) is 34.5 Å². The second kappa shape index (κ2) is 4.72. The Hall–Kier alpha value is -0.0800. The lowest BCUT2D eigenvalue weighted by Crippen LogP contribution is -2.55. The summed E-state index contributed by atoms with van der Waals surface area (Å²) in [7, 11) is 0. The van der Waals surface area contributed by atoms with E-state index in [4.69, 9.17) is 0 Å². The van der Waals surface area contributed by atoms with Gasteiger partial charge in [-0.25, -0.2) is 0 Å². The number of rotatable bonds is 0. The maximum Gasteiger partial charge on any atom is 0.0622 e. The fourth-order valence-electron chi connectivity index (χ4n) is 7.40. The second-order valence-electron chi connectivity index (χ2n) is 10.00. The van der Waals surface area contributed by atoms with Gasteiger partial charge in [0.05, 0.1) is 11.7 Å². The molecule has 22 heavy (non-hydrogen) atoms. The standard InChI is InChI=1S/C20H34O2/c1-18(22)10-11-19(2)13(12-18)4-5-14-15-6-7-17(21)20(15,3)9-8-16(14)19/h13-17,21-22H,4-12H2,1-3H3/t13-,14-,15-,16-,17?,18?,19-,20-/m0/s1. The zero-order chi connectivity index (χ0) is 15.8. The van der Waals surface area contributed by atoms with Crippen LogP contribution in [0.1, 0.15) is 78.6 Å². The summed E-state index contributed by atoms with van der Waals surface area (Å²) >= 11 is 0. The van der Waals surface area contributed by atoms with Gasteiger partial charge in [-0.3, -0.25) is 0 Å². The summed E-state index contributed by atoms with van der Waals surface area (Å²) in [5.74, 6) is 3.14. The van der Waals surface area contributed by atoms with Crippen LogP contribution in [0, 0.1) is 34.5 Å². The van der Waals surface area contributed by atoms with Crippen molar-refractivity contribution < 1.29 is 10.2 Å². The van der Waals surface area contributed by atoms with Crippen molar-refractivity contribution in [3.05, 3.63) is 0 Å². The molecule has 0 heterocycles. The molecule has 0 saturated heterocycles. The SMILES string of the molecule is CC1(O)CC[C@@]2(C)[C@@H](CC[C@@H]3[C@@H]2CC[C@]2(C)C(O)CC[C@@H]32)C1. The fourth-order valence-corrected chi connectivity index (χ4v) is 7.40. The summed E-state index contributed by atoms with van der Waals surface area (Å²) in [4.78, 5) is 0. The fraction of sp³-hybridized carbons (Fsp3) is 1.00. The molecule has 4 fully saturated rings. The Kier molecular flexibility index (Phi) is 3.32. The highest BCUT2D eigenvalue weighted by Gasteiger charge is 2.60. The van der Waals surface area contributed by atoms with E-state index in [0.29, 0.717) is 11.3 Å². The van der Waals surface area contributed by atoms with E-state index in [1.165, 1.54) is 38.5 Å². The molecular formula is C20H34O2. The lowest BCUT2D eigenvalue weighted by atomic mass is 9.44. The second-order valence-corrected chi connectivity index (χ2v) is 10.00. The maximum absolute atomic E-state index is 10.5. The number of aliphatic hydroxyl groups excluding tert-OH is 1. The van der Waals surface area contributed by atoms with Crippen LogP contribution >= 0.6 is 0 Å². The van der Waals surface area contributed by atoms with E-state index in [9.17, 15) is 10.2 Å². The van der Waals surface area contributed by atoms with E-state index in [-0.39, 0.29) is 11.5 Å². The van der Waals surface area contributed by atoms with Crippen molar-refractivity contribution in [1.82, 2.24) is 0 Å². The van der Waals surface area contributed by atoms with Crippen LogP contribution in [0.2, 0.25) is 0 Å². The normalized spacial score (nSPS) is 61.2. The Morgan fingerprint density at radius 3 is 2.27 bits per heavy atom. The summed E-state index contributed by atoms with van der Waals surface area (Å²) in [6.45, 7) is 6.95. The molecule has 4 aliphatic rings. The molecule has 0 aromatic rings. The zero-order valence-electron chi connectivity index (χ0n) is 14.6. The first-order valence-electron chi connectivity index (χ1n) is 9.67. The smallest absolute Gasteiger partial charge is 0.0622 e. The minimum atomic E-state index is -0.427. The third kappa shape index (κ3) is 1.99. The molecule has 4 rings (SSSR count). The van der Waals surface area contributed by atoms with Crippen molar-refractivity contribution in [2.75, 3.05) is 0 Å². The monoisotopic (exact) mass is 306 g/mol. The van der Waals surface area contributed by atoms with Gasteiger partial charge in [-0.15, -0.1) is 0 Å². The van der Waals surface area contributed by atoms with Crippen molar-refractivity contribution >= 4 is 0 Å². The Labute approximate surface area is 135 Å². The molecule has 0 radical (unpaired) electrons. The third-order valence-corrected chi connectivity index (χ3v) is 8.90. The van der Waals surface area contributed by atoms with Gasteiger partial charge in [-0.1, -0.05) is 13.8 Å². The Morgan fingerprint density at radius 1 is 0.773 bits per heavy atom. The third-order valence-electron chi connectivity index (χ3n) is 8.90. The van der Waals surface area contributed by atoms with Crippen LogP contribution in [0.4, 0.5) is 0 Å². The molecule has 0 aliphatic heterocycles. The predicted octanol–water partition coefficient (Wildman–Crippen LogP) is 4.14. The predicted molar refractivity (Wildman–Crippen MR) is 88.4 cm³/mol. The summed E-state index contributed by atoms with van der Waals surface area (Å²) < 4.78 is 0. The topological polar surface area (TPSA) is 40.5 Å². The van der Waals surface area contributed by atoms with Crippen LogP contribution in [0.3, 0.4) is 0 Å². The molecule has 4 aliphatic carbocycles. The van der Waals surface area contributed by atoms with E-state index < -0.39 is 5.60 Å². The first kappa shape index (κ1) is 15.4. The molecule has 2 nitrogen and oxygen atoms in total. The Bertz CT molecular complexity index is 459. The van der Waals surface area contributed by atoms with E-state index in [1.807, 2.05) is 6.92 Å². The van der Waals surface area contributed by atoms with Crippen LogP contribution in [-0.4, -0.2) is 21.9 Å². The van der Waals surface area contributed by atoms with Gasteiger partial charge in [-0.2, -0.15) is 0 Å². The summed E-state index contributed by atoms with van der Waals surface area (Å²) in [5, 5.41) is 21.0. The highest BCUT2D eigenvalue weighted by Crippen LogP contribution is 2.66. The van der Waals surface area contributed by atoms with Gasteiger partial charge in [0, 0.05) is 0 Å². The van der Waals surface area contributed by atoms with Gasteiger partial charge in [0.1, 0.15) is 0 Å². The van der Waals surface area contributed by atoms with Crippen LogP contribution in [0.15, 0.2) is 0 Å². The maximum atomic E-state index is 10.5. The highest BCUT2D eigenvalue weighted by molar-refractivity contribution is 5.10. The van der Waals surface area contributed by atoms with E-state index in [0.717, 1.165) is 37.0 Å². The van der Waals surface area contributed by atoms with Crippen molar-refractivity contribution in [1.29, 1.82) is 0 Å². The van der Waals surface area contributed by atoms with Gasteiger partial charge in [0.25, 0.3) is 0 Å². The number of aliphatic hydroxyl groups is 2. The van der Waals surface area contributed by atoms with Crippen LogP contribution in [0.5, 0.6) is 0 Å². The summed E-state index contributed by atoms with van der Waals surface area (Å²) in [6.07, 6.45) is 10.6.